The molecule has 0 radical (unpaired) electrons. The summed E-state index contributed by atoms with van der Waals surface area (Å²) in [5.74, 6) is -0.350. The van der Waals surface area contributed by atoms with E-state index < -0.39 is 5.41 Å². The largest absolute Gasteiger partial charge is 0.468 e. The lowest BCUT2D eigenvalue weighted by Crippen LogP contribution is -2.40. The summed E-state index contributed by atoms with van der Waals surface area (Å²) in [6.07, 6.45) is 3.69. The van der Waals surface area contributed by atoms with E-state index in [1.807, 2.05) is 24.3 Å². The van der Waals surface area contributed by atoms with Gasteiger partial charge >= 0.3 is 5.97 Å². The molecule has 19 heavy (non-hydrogen) atoms. The zero-order valence-electron chi connectivity index (χ0n) is 10.3. The fourth-order valence-corrected chi connectivity index (χ4v) is 2.47. The number of para-hydroxylation sites is 1. The zero-order valence-corrected chi connectivity index (χ0v) is 10.3. The van der Waals surface area contributed by atoms with Crippen molar-refractivity contribution in [3.05, 3.63) is 41.7 Å². The predicted molar refractivity (Wildman–Crippen MR) is 68.4 cm³/mol. The average Bonchev–Trinajstić information content (AvgIpc) is 3.00. The number of H-pyrrole nitrogens is 1. The van der Waals surface area contributed by atoms with Gasteiger partial charge in [-0.25, -0.2) is 0 Å². The number of ether oxygens (including phenoxy) is 1. The Morgan fingerprint density at radius 3 is 3.00 bits per heavy atom. The zero-order chi connectivity index (χ0) is 13.3. The number of aromatic amines is 1. The molecule has 1 aliphatic rings. The van der Waals surface area contributed by atoms with Crippen LogP contribution < -0.4 is 0 Å². The van der Waals surface area contributed by atoms with Crippen molar-refractivity contribution in [3.8, 4) is 0 Å². The summed E-state index contributed by atoms with van der Waals surface area (Å²) in [6.45, 7) is 0. The van der Waals surface area contributed by atoms with Gasteiger partial charge in [0.25, 0.3) is 0 Å². The van der Waals surface area contributed by atoms with Crippen LogP contribution in [-0.2, 0) is 14.9 Å². The van der Waals surface area contributed by atoms with Crippen molar-refractivity contribution in [2.45, 2.75) is 11.8 Å². The van der Waals surface area contributed by atoms with Gasteiger partial charge in [-0.3, -0.25) is 14.9 Å². The maximum absolute atomic E-state index is 12.4. The molecule has 0 saturated carbocycles. The number of carbonyl (C=O) groups excluding carboxylic acids is 1. The van der Waals surface area contributed by atoms with Crippen molar-refractivity contribution in [1.29, 1.82) is 0 Å². The lowest BCUT2D eigenvalue weighted by molar-refractivity contribution is -0.145. The molecular weight excluding hydrogens is 244 g/mol. The third-order valence-electron chi connectivity index (χ3n) is 3.40. The molecule has 2 heterocycles. The Balaban J connectivity index is 2.28. The van der Waals surface area contributed by atoms with Crippen LogP contribution in [0.15, 0.2) is 35.5 Å². The molecule has 0 spiro atoms. The molecule has 3 rings (SSSR count). The highest BCUT2D eigenvalue weighted by molar-refractivity contribution is 5.94. The summed E-state index contributed by atoms with van der Waals surface area (Å²) in [5.41, 5.74) is 1.22. The van der Waals surface area contributed by atoms with Crippen LogP contribution in [0.2, 0.25) is 0 Å². The van der Waals surface area contributed by atoms with Gasteiger partial charge in [0.15, 0.2) is 0 Å². The van der Waals surface area contributed by atoms with Crippen LogP contribution in [0.3, 0.4) is 0 Å². The van der Waals surface area contributed by atoms with Gasteiger partial charge < -0.3 is 4.74 Å². The standard InChI is InChI=1S/C13H12N4O2/c1-19-12(18)13(11-8-15-17-16-11)6-7-14-10-5-3-2-4-9(10)13/h2-5,7-8H,6H2,1H3,(H,15,16,17). The molecular formula is C13H12N4O2. The summed E-state index contributed by atoms with van der Waals surface area (Å²) in [7, 11) is 1.38. The minimum absolute atomic E-state index is 0.350. The van der Waals surface area contributed by atoms with Crippen LogP contribution in [0.5, 0.6) is 0 Å². The maximum atomic E-state index is 12.4. The second-order valence-corrected chi connectivity index (χ2v) is 4.30. The fraction of sp³-hybridized carbons (Fsp3) is 0.231. The van der Waals surface area contributed by atoms with Crippen LogP contribution in [-0.4, -0.2) is 34.7 Å². The summed E-state index contributed by atoms with van der Waals surface area (Å²) < 4.78 is 5.00. The third-order valence-corrected chi connectivity index (χ3v) is 3.40. The highest BCUT2D eigenvalue weighted by Gasteiger charge is 2.47. The third kappa shape index (κ3) is 1.56. The molecule has 0 aliphatic carbocycles. The Morgan fingerprint density at radius 2 is 2.26 bits per heavy atom. The molecule has 1 aliphatic heterocycles. The first kappa shape index (κ1) is 11.6. The number of nitrogens with one attached hydrogen (secondary N) is 1. The average molecular weight is 256 g/mol. The molecule has 1 unspecified atom stereocenters. The topological polar surface area (TPSA) is 80.2 Å². The molecule has 96 valence electrons. The first-order chi connectivity index (χ1) is 9.29. The maximum Gasteiger partial charge on any atom is 0.322 e. The molecule has 1 atom stereocenters. The monoisotopic (exact) mass is 256 g/mol. The number of nitrogens with zero attached hydrogens (tertiary/aromatic N) is 3. The smallest absolute Gasteiger partial charge is 0.322 e. The Labute approximate surface area is 109 Å². The molecule has 0 amide bonds. The van der Waals surface area contributed by atoms with Crippen molar-refractivity contribution in [2.24, 2.45) is 4.99 Å². The van der Waals surface area contributed by atoms with E-state index in [0.29, 0.717) is 12.1 Å². The Bertz CT molecular complexity index is 636. The molecule has 6 heteroatoms. The van der Waals surface area contributed by atoms with Gasteiger partial charge in [0.1, 0.15) is 5.41 Å². The van der Waals surface area contributed by atoms with E-state index in [4.69, 9.17) is 4.74 Å². The normalized spacial score (nSPS) is 20.9. The minimum Gasteiger partial charge on any atom is -0.468 e. The lowest BCUT2D eigenvalue weighted by atomic mass is 9.73. The van der Waals surface area contributed by atoms with Gasteiger partial charge in [-0.15, -0.1) is 5.10 Å². The number of aromatic nitrogens is 3. The van der Waals surface area contributed by atoms with E-state index in [-0.39, 0.29) is 5.97 Å². The van der Waals surface area contributed by atoms with E-state index in [0.717, 1.165) is 11.3 Å². The molecule has 1 aromatic heterocycles. The quantitative estimate of drug-likeness (QED) is 0.823. The first-order valence-electron chi connectivity index (χ1n) is 5.86. The van der Waals surface area contributed by atoms with Crippen LogP contribution in [0.25, 0.3) is 0 Å². The number of fused-ring (bicyclic) bond motifs is 1. The van der Waals surface area contributed by atoms with Crippen molar-refractivity contribution in [3.63, 3.8) is 0 Å². The van der Waals surface area contributed by atoms with E-state index >= 15 is 0 Å². The number of aliphatic imine (C=N–C) groups is 1. The molecule has 1 aromatic carbocycles. The molecule has 0 fully saturated rings. The van der Waals surface area contributed by atoms with Gasteiger partial charge in [-0.05, 0) is 6.07 Å². The first-order valence-corrected chi connectivity index (χ1v) is 5.86. The van der Waals surface area contributed by atoms with Crippen LogP contribution in [0.4, 0.5) is 5.69 Å². The number of hydrogen-bond donors (Lipinski definition) is 1. The lowest BCUT2D eigenvalue weighted by Gasteiger charge is -2.31. The highest BCUT2D eigenvalue weighted by Crippen LogP contribution is 2.42. The Hall–Kier alpha value is -2.50. The van der Waals surface area contributed by atoms with Crippen molar-refractivity contribution in [1.82, 2.24) is 15.4 Å². The SMILES string of the molecule is COC(=O)C1(c2cnn[nH]2)CC=Nc2ccccc21. The molecule has 2 aromatic rings. The van der Waals surface area contributed by atoms with E-state index in [1.165, 1.54) is 7.11 Å². The van der Waals surface area contributed by atoms with Gasteiger partial charge in [0.05, 0.1) is 24.7 Å². The second-order valence-electron chi connectivity index (χ2n) is 4.30. The van der Waals surface area contributed by atoms with Gasteiger partial charge in [-0.1, -0.05) is 23.4 Å². The van der Waals surface area contributed by atoms with E-state index in [9.17, 15) is 4.79 Å². The summed E-state index contributed by atoms with van der Waals surface area (Å²) >= 11 is 0. The number of esters is 1. The Kier molecular flexibility index (Phi) is 2.63. The highest BCUT2D eigenvalue weighted by atomic mass is 16.5. The molecule has 1 N–H and O–H groups in total. The van der Waals surface area contributed by atoms with Crippen molar-refractivity contribution in [2.75, 3.05) is 7.11 Å². The number of benzene rings is 1. The van der Waals surface area contributed by atoms with Gasteiger partial charge in [-0.2, -0.15) is 0 Å². The van der Waals surface area contributed by atoms with E-state index in [1.54, 1.807) is 12.4 Å². The van der Waals surface area contributed by atoms with Crippen molar-refractivity contribution < 1.29 is 9.53 Å². The number of carbonyl (C=O) groups is 1. The summed E-state index contributed by atoms with van der Waals surface area (Å²) in [5, 5.41) is 10.3. The van der Waals surface area contributed by atoms with Gasteiger partial charge in [0.2, 0.25) is 0 Å². The number of rotatable bonds is 2. The molecule has 6 nitrogen and oxygen atoms in total. The van der Waals surface area contributed by atoms with E-state index in [2.05, 4.69) is 20.4 Å². The van der Waals surface area contributed by atoms with Gasteiger partial charge in [0, 0.05) is 18.2 Å². The Morgan fingerprint density at radius 1 is 1.42 bits per heavy atom. The number of methoxy groups -OCH3 is 1. The fourth-order valence-electron chi connectivity index (χ4n) is 2.47. The van der Waals surface area contributed by atoms with Crippen LogP contribution in [0, 0.1) is 0 Å². The molecule has 0 saturated heterocycles. The van der Waals surface area contributed by atoms with Crippen molar-refractivity contribution >= 4 is 17.9 Å². The van der Waals surface area contributed by atoms with Crippen LogP contribution in [0.1, 0.15) is 17.7 Å². The second kappa shape index (κ2) is 4.31. The minimum atomic E-state index is -0.948. The number of hydrogen-bond acceptors (Lipinski definition) is 5. The predicted octanol–water partition coefficient (Wildman–Crippen LogP) is 1.37. The summed E-state index contributed by atoms with van der Waals surface area (Å²) in [6, 6.07) is 7.51. The summed E-state index contributed by atoms with van der Waals surface area (Å²) in [4.78, 5) is 16.7. The molecule has 0 bridgehead atoms. The van der Waals surface area contributed by atoms with Crippen LogP contribution >= 0.6 is 0 Å².